The van der Waals surface area contributed by atoms with Crippen LogP contribution in [-0.4, -0.2) is 17.6 Å². The van der Waals surface area contributed by atoms with Crippen LogP contribution in [0.25, 0.3) is 0 Å². The highest BCUT2D eigenvalue weighted by Gasteiger charge is 1.89. The number of nitrogens with one attached hydrogen (secondary N) is 1. The van der Waals surface area contributed by atoms with Gasteiger partial charge in [0, 0.05) is 13.0 Å². The summed E-state index contributed by atoms with van der Waals surface area (Å²) in [6, 6.07) is 0. The van der Waals surface area contributed by atoms with Gasteiger partial charge < -0.3 is 0 Å². The number of rotatable bonds is 4. The number of amidine groups is 1. The molecule has 0 aliphatic heterocycles. The van der Waals surface area contributed by atoms with Gasteiger partial charge in [-0.1, -0.05) is 20.3 Å². The fraction of sp³-hybridized carbons (Fsp3) is 0.857. The molecule has 10 heavy (non-hydrogen) atoms. The molecule has 0 atom stereocenters. The van der Waals surface area contributed by atoms with Gasteiger partial charge in [0.2, 0.25) is 0 Å². The molecule has 0 heterocycles. The first-order valence-electron chi connectivity index (χ1n) is 3.78. The predicted octanol–water partition coefficient (Wildman–Crippen LogP) is 1.57. The summed E-state index contributed by atoms with van der Waals surface area (Å²) in [6.45, 7) is 4.88. The van der Waals surface area contributed by atoms with Crippen molar-refractivity contribution in [3.8, 4) is 0 Å². The fourth-order valence-corrected chi connectivity index (χ4v) is 0.598. The highest BCUT2D eigenvalue weighted by molar-refractivity contribution is 5.80. The summed E-state index contributed by atoms with van der Waals surface area (Å²) < 4.78 is 0. The molecular weight excluding hydrogens is 128 g/mol. The smallest absolute Gasteiger partial charge is 0.120 e. The Labute approximate surface area is 62.1 Å². The molecule has 0 unspecified atom stereocenters. The highest BCUT2D eigenvalue weighted by atomic mass is 16.5. The number of aliphatic imine (C=N–C) groups is 1. The van der Waals surface area contributed by atoms with E-state index in [1.54, 1.807) is 0 Å². The van der Waals surface area contributed by atoms with Gasteiger partial charge in [0.05, 0.1) is 0 Å². The second kappa shape index (κ2) is 6.55. The SMILES string of the molecule is CCCCN=C(CC)NO. The van der Waals surface area contributed by atoms with E-state index < -0.39 is 0 Å². The maximum absolute atomic E-state index is 8.44. The Morgan fingerprint density at radius 3 is 2.60 bits per heavy atom. The molecule has 0 amide bonds. The molecule has 0 saturated carbocycles. The standard InChI is InChI=1S/C7H16N2O/c1-3-5-6-8-7(4-2)9-10/h10H,3-6H2,1-2H3,(H,8,9). The lowest BCUT2D eigenvalue weighted by molar-refractivity contribution is 0.231. The van der Waals surface area contributed by atoms with Gasteiger partial charge in [-0.2, -0.15) is 0 Å². The topological polar surface area (TPSA) is 44.6 Å². The maximum Gasteiger partial charge on any atom is 0.120 e. The van der Waals surface area contributed by atoms with Gasteiger partial charge in [0.25, 0.3) is 0 Å². The van der Waals surface area contributed by atoms with Crippen molar-refractivity contribution in [2.24, 2.45) is 4.99 Å². The zero-order valence-electron chi connectivity index (χ0n) is 6.72. The molecule has 0 aliphatic rings. The molecule has 0 aliphatic carbocycles. The second-order valence-corrected chi connectivity index (χ2v) is 2.15. The van der Waals surface area contributed by atoms with Gasteiger partial charge in [-0.05, 0) is 6.42 Å². The molecule has 3 heteroatoms. The molecule has 0 bridgehead atoms. The summed E-state index contributed by atoms with van der Waals surface area (Å²) in [6.07, 6.45) is 3.00. The third-order valence-electron chi connectivity index (χ3n) is 1.28. The molecular formula is C7H16N2O. The van der Waals surface area contributed by atoms with Crippen LogP contribution in [0.3, 0.4) is 0 Å². The minimum atomic E-state index is 0.674. The van der Waals surface area contributed by atoms with Crippen LogP contribution in [0.2, 0.25) is 0 Å². The number of hydrogen-bond donors (Lipinski definition) is 2. The summed E-state index contributed by atoms with van der Waals surface area (Å²) in [5.74, 6) is 0.674. The minimum absolute atomic E-state index is 0.674. The van der Waals surface area contributed by atoms with Crippen LogP contribution in [0, 0.1) is 0 Å². The summed E-state index contributed by atoms with van der Waals surface area (Å²) in [7, 11) is 0. The van der Waals surface area contributed by atoms with Gasteiger partial charge in [-0.3, -0.25) is 15.7 Å². The van der Waals surface area contributed by atoms with Crippen molar-refractivity contribution in [2.45, 2.75) is 33.1 Å². The average molecular weight is 144 g/mol. The van der Waals surface area contributed by atoms with Crippen molar-refractivity contribution >= 4 is 5.84 Å². The van der Waals surface area contributed by atoms with Crippen LogP contribution in [0.15, 0.2) is 4.99 Å². The molecule has 0 spiro atoms. The third kappa shape index (κ3) is 4.32. The molecule has 0 aromatic carbocycles. The molecule has 0 saturated heterocycles. The number of hydrogen-bond acceptors (Lipinski definition) is 2. The molecule has 0 rings (SSSR count). The Hall–Kier alpha value is -0.570. The Bertz CT molecular complexity index is 95.8. The van der Waals surface area contributed by atoms with E-state index >= 15 is 0 Å². The van der Waals surface area contributed by atoms with Gasteiger partial charge in [0.15, 0.2) is 0 Å². The fourth-order valence-electron chi connectivity index (χ4n) is 0.598. The summed E-state index contributed by atoms with van der Waals surface area (Å²) in [4.78, 5) is 4.11. The minimum Gasteiger partial charge on any atom is -0.290 e. The van der Waals surface area contributed by atoms with Crippen molar-refractivity contribution in [1.29, 1.82) is 0 Å². The second-order valence-electron chi connectivity index (χ2n) is 2.15. The van der Waals surface area contributed by atoms with E-state index in [0.29, 0.717) is 5.84 Å². The monoisotopic (exact) mass is 144 g/mol. The first-order chi connectivity index (χ1) is 4.85. The van der Waals surface area contributed by atoms with E-state index in [-0.39, 0.29) is 0 Å². The van der Waals surface area contributed by atoms with E-state index in [1.165, 1.54) is 0 Å². The lowest BCUT2D eigenvalue weighted by atomic mass is 10.3. The van der Waals surface area contributed by atoms with E-state index in [4.69, 9.17) is 5.21 Å². The predicted molar refractivity (Wildman–Crippen MR) is 42.4 cm³/mol. The highest BCUT2D eigenvalue weighted by Crippen LogP contribution is 1.88. The molecule has 0 fully saturated rings. The maximum atomic E-state index is 8.44. The number of nitrogens with zero attached hydrogens (tertiary/aromatic N) is 1. The molecule has 0 aromatic rings. The molecule has 60 valence electrons. The number of hydroxylamine groups is 1. The molecule has 0 radical (unpaired) electrons. The van der Waals surface area contributed by atoms with Gasteiger partial charge in [0.1, 0.15) is 5.84 Å². The first kappa shape index (κ1) is 9.43. The van der Waals surface area contributed by atoms with Crippen LogP contribution < -0.4 is 5.48 Å². The van der Waals surface area contributed by atoms with Crippen LogP contribution in [0.1, 0.15) is 33.1 Å². The largest absolute Gasteiger partial charge is 0.290 e. The van der Waals surface area contributed by atoms with Crippen molar-refractivity contribution in [3.63, 3.8) is 0 Å². The first-order valence-corrected chi connectivity index (χ1v) is 3.78. The summed E-state index contributed by atoms with van der Waals surface area (Å²) in [5, 5.41) is 8.44. The van der Waals surface area contributed by atoms with Crippen molar-refractivity contribution in [2.75, 3.05) is 6.54 Å². The molecule has 0 aromatic heterocycles. The van der Waals surface area contributed by atoms with E-state index in [9.17, 15) is 0 Å². The van der Waals surface area contributed by atoms with Crippen molar-refractivity contribution in [3.05, 3.63) is 0 Å². The Morgan fingerprint density at radius 1 is 1.50 bits per heavy atom. The van der Waals surface area contributed by atoms with E-state index in [0.717, 1.165) is 25.8 Å². The van der Waals surface area contributed by atoms with Crippen molar-refractivity contribution in [1.82, 2.24) is 5.48 Å². The van der Waals surface area contributed by atoms with Crippen LogP contribution in [0.5, 0.6) is 0 Å². The van der Waals surface area contributed by atoms with Crippen LogP contribution >= 0.6 is 0 Å². The lowest BCUT2D eigenvalue weighted by Crippen LogP contribution is -2.18. The summed E-state index contributed by atoms with van der Waals surface area (Å²) >= 11 is 0. The molecule has 3 nitrogen and oxygen atoms in total. The normalized spacial score (nSPS) is 11.7. The zero-order chi connectivity index (χ0) is 7.82. The van der Waals surface area contributed by atoms with Gasteiger partial charge in [-0.15, -0.1) is 0 Å². The molecule has 2 N–H and O–H groups in total. The number of unbranched alkanes of at least 4 members (excludes halogenated alkanes) is 1. The van der Waals surface area contributed by atoms with Crippen LogP contribution in [0.4, 0.5) is 0 Å². The Kier molecular flexibility index (Phi) is 6.18. The zero-order valence-corrected chi connectivity index (χ0v) is 6.72. The quantitative estimate of drug-likeness (QED) is 0.272. The average Bonchev–Trinajstić information content (AvgIpc) is 1.99. The Balaban J connectivity index is 3.43. The Morgan fingerprint density at radius 2 is 2.20 bits per heavy atom. The third-order valence-corrected chi connectivity index (χ3v) is 1.28. The van der Waals surface area contributed by atoms with E-state index in [2.05, 4.69) is 17.4 Å². The van der Waals surface area contributed by atoms with Crippen LogP contribution in [-0.2, 0) is 0 Å². The summed E-state index contributed by atoms with van der Waals surface area (Å²) in [5.41, 5.74) is 2.06. The lowest BCUT2D eigenvalue weighted by Gasteiger charge is -1.99. The van der Waals surface area contributed by atoms with Gasteiger partial charge >= 0.3 is 0 Å². The van der Waals surface area contributed by atoms with Crippen molar-refractivity contribution < 1.29 is 5.21 Å². The van der Waals surface area contributed by atoms with Gasteiger partial charge in [-0.25, -0.2) is 0 Å². The van der Waals surface area contributed by atoms with E-state index in [1.807, 2.05) is 6.92 Å².